The molecule has 30 heavy (non-hydrogen) atoms. The first-order valence-corrected chi connectivity index (χ1v) is 9.20. The van der Waals surface area contributed by atoms with Crippen LogP contribution in [0, 0.1) is 0 Å². The normalized spacial score (nSPS) is 14.6. The van der Waals surface area contributed by atoms with Gasteiger partial charge in [0.25, 0.3) is 0 Å². The van der Waals surface area contributed by atoms with Crippen LogP contribution >= 0.6 is 0 Å². The Morgan fingerprint density at radius 1 is 1.20 bits per heavy atom. The number of aliphatic carboxylic acids is 1. The van der Waals surface area contributed by atoms with Crippen molar-refractivity contribution in [2.24, 2.45) is 0 Å². The van der Waals surface area contributed by atoms with Crippen LogP contribution in [0.15, 0.2) is 42.5 Å². The van der Waals surface area contributed by atoms with Crippen molar-refractivity contribution in [3.63, 3.8) is 0 Å². The number of amides is 1. The van der Waals surface area contributed by atoms with E-state index >= 15 is 0 Å². The molecule has 0 bridgehead atoms. The number of fused-ring (bicyclic) bond motifs is 3. The Morgan fingerprint density at radius 2 is 1.97 bits per heavy atom. The fourth-order valence-electron chi connectivity index (χ4n) is 3.49. The van der Waals surface area contributed by atoms with Gasteiger partial charge in [-0.25, -0.2) is 14.4 Å². The lowest BCUT2D eigenvalue weighted by molar-refractivity contribution is -0.137. The summed E-state index contributed by atoms with van der Waals surface area (Å²) in [5.74, 6) is -1.56. The molecule has 3 aromatic rings. The van der Waals surface area contributed by atoms with Crippen molar-refractivity contribution in [3.8, 4) is 0 Å². The number of H-pyrrole nitrogens is 1. The summed E-state index contributed by atoms with van der Waals surface area (Å²) in [6.07, 6.45) is -0.477. The summed E-state index contributed by atoms with van der Waals surface area (Å²) in [6, 6.07) is 11.6. The minimum atomic E-state index is -1.01. The number of anilines is 2. The Labute approximate surface area is 171 Å². The van der Waals surface area contributed by atoms with E-state index in [1.165, 1.54) is 7.11 Å². The number of nitrogens with one attached hydrogen (secondary N) is 3. The number of hydrogen-bond donors (Lipinski definition) is 4. The van der Waals surface area contributed by atoms with Gasteiger partial charge in [-0.05, 0) is 23.3 Å². The lowest BCUT2D eigenvalue weighted by atomic mass is 10.0. The fraction of sp³-hybridized carbons (Fsp3) is 0.190. The van der Waals surface area contributed by atoms with Gasteiger partial charge in [0, 0.05) is 17.3 Å². The molecule has 0 saturated heterocycles. The molecule has 9 heteroatoms. The molecule has 1 aliphatic rings. The fourth-order valence-corrected chi connectivity index (χ4v) is 3.49. The summed E-state index contributed by atoms with van der Waals surface area (Å²) >= 11 is 0. The largest absolute Gasteiger partial charge is 0.480 e. The Hall–Kier alpha value is -4.01. The number of carbonyl (C=O) groups excluding carboxylic acids is 2. The van der Waals surface area contributed by atoms with E-state index < -0.39 is 24.1 Å². The number of rotatable bonds is 5. The van der Waals surface area contributed by atoms with Crippen LogP contribution in [0.4, 0.5) is 16.2 Å². The Balaban J connectivity index is 1.64. The van der Waals surface area contributed by atoms with Crippen molar-refractivity contribution >= 4 is 40.3 Å². The minimum Gasteiger partial charge on any atom is -0.480 e. The Bertz CT molecular complexity index is 1140. The van der Waals surface area contributed by atoms with Crippen LogP contribution in [0.2, 0.25) is 0 Å². The van der Waals surface area contributed by atoms with Gasteiger partial charge >= 0.3 is 18.0 Å². The summed E-state index contributed by atoms with van der Waals surface area (Å²) in [5, 5.41) is 15.7. The molecule has 0 saturated carbocycles. The average Bonchev–Trinajstić information content (AvgIpc) is 3.37. The standard InChI is InChI=1S/C21H19N3O6/c1-29-20(27)17-7-12-13-8-16(19(25)26)23-18(13)15(9-14(12)22-17)24-21(28)30-10-11-5-3-2-4-6-11/h2-7,9,16,22-23H,8,10H2,1H3,(H,24,28)(H,25,26). The van der Waals surface area contributed by atoms with Gasteiger partial charge in [0.1, 0.15) is 18.3 Å². The number of hydrogen-bond acceptors (Lipinski definition) is 6. The monoisotopic (exact) mass is 409 g/mol. The van der Waals surface area contributed by atoms with E-state index in [-0.39, 0.29) is 18.7 Å². The molecule has 1 unspecified atom stereocenters. The smallest absolute Gasteiger partial charge is 0.412 e. The molecule has 4 rings (SSSR count). The molecule has 1 aliphatic heterocycles. The number of aromatic amines is 1. The van der Waals surface area contributed by atoms with E-state index in [0.717, 1.165) is 5.56 Å². The second-order valence-electron chi connectivity index (χ2n) is 6.84. The Kier molecular flexibility index (Phi) is 5.01. The van der Waals surface area contributed by atoms with Gasteiger partial charge in [-0.3, -0.25) is 5.32 Å². The van der Waals surface area contributed by atoms with E-state index in [2.05, 4.69) is 15.6 Å². The third-order valence-electron chi connectivity index (χ3n) is 4.91. The number of methoxy groups -OCH3 is 1. The zero-order chi connectivity index (χ0) is 21.3. The van der Waals surface area contributed by atoms with Crippen LogP contribution in [-0.2, 0) is 27.3 Å². The number of esters is 1. The van der Waals surface area contributed by atoms with Crippen LogP contribution in [0.3, 0.4) is 0 Å². The summed E-state index contributed by atoms with van der Waals surface area (Å²) in [4.78, 5) is 38.7. The maximum absolute atomic E-state index is 12.3. The first-order chi connectivity index (χ1) is 14.5. The highest BCUT2D eigenvalue weighted by Crippen LogP contribution is 2.40. The molecule has 0 spiro atoms. The van der Waals surface area contributed by atoms with Crippen molar-refractivity contribution in [1.29, 1.82) is 0 Å². The molecule has 0 radical (unpaired) electrons. The SMILES string of the molecule is COC(=O)c1cc2c3c(c(NC(=O)OCc4ccccc4)cc2[nH]1)NC(C(=O)O)C3. The van der Waals surface area contributed by atoms with Gasteiger partial charge in [-0.1, -0.05) is 30.3 Å². The van der Waals surface area contributed by atoms with Crippen LogP contribution in [0.5, 0.6) is 0 Å². The van der Waals surface area contributed by atoms with Crippen molar-refractivity contribution in [3.05, 3.63) is 59.3 Å². The average molecular weight is 409 g/mol. The number of aromatic nitrogens is 1. The predicted molar refractivity (Wildman–Crippen MR) is 109 cm³/mol. The summed E-state index contributed by atoms with van der Waals surface area (Å²) < 4.78 is 10.0. The zero-order valence-corrected chi connectivity index (χ0v) is 16.0. The quantitative estimate of drug-likeness (QED) is 0.476. The molecule has 4 N–H and O–H groups in total. The first kappa shape index (κ1) is 19.3. The highest BCUT2D eigenvalue weighted by molar-refractivity contribution is 6.05. The third kappa shape index (κ3) is 3.64. The maximum atomic E-state index is 12.3. The predicted octanol–water partition coefficient (Wildman–Crippen LogP) is 3.12. The number of benzene rings is 2. The Morgan fingerprint density at radius 3 is 2.67 bits per heavy atom. The van der Waals surface area contributed by atoms with Crippen LogP contribution in [0.25, 0.3) is 10.9 Å². The molecule has 154 valence electrons. The number of carboxylic acids is 1. The molecule has 1 aromatic heterocycles. The van der Waals surface area contributed by atoms with Crippen molar-refractivity contribution in [1.82, 2.24) is 4.98 Å². The van der Waals surface area contributed by atoms with Crippen LogP contribution in [0.1, 0.15) is 21.6 Å². The lowest BCUT2D eigenvalue weighted by Crippen LogP contribution is -2.26. The minimum absolute atomic E-state index is 0.0945. The first-order valence-electron chi connectivity index (χ1n) is 9.20. The number of carbonyl (C=O) groups is 3. The van der Waals surface area contributed by atoms with Gasteiger partial charge in [0.15, 0.2) is 0 Å². The summed E-state index contributed by atoms with van der Waals surface area (Å²) in [6.45, 7) is 0.0945. The highest BCUT2D eigenvalue weighted by Gasteiger charge is 2.31. The van der Waals surface area contributed by atoms with E-state index in [1.807, 2.05) is 30.3 Å². The molecule has 0 aliphatic carbocycles. The van der Waals surface area contributed by atoms with E-state index in [0.29, 0.717) is 27.8 Å². The van der Waals surface area contributed by atoms with Gasteiger partial charge in [0.05, 0.1) is 18.5 Å². The lowest BCUT2D eigenvalue weighted by Gasteiger charge is -2.13. The maximum Gasteiger partial charge on any atom is 0.412 e. The molecule has 9 nitrogen and oxygen atoms in total. The summed E-state index contributed by atoms with van der Waals surface area (Å²) in [7, 11) is 1.27. The van der Waals surface area contributed by atoms with E-state index in [9.17, 15) is 19.5 Å². The third-order valence-corrected chi connectivity index (χ3v) is 4.91. The molecular weight excluding hydrogens is 390 g/mol. The number of carboxylic acid groups (broad SMARTS) is 1. The molecule has 2 heterocycles. The molecular formula is C21H19N3O6. The molecule has 2 aromatic carbocycles. The molecule has 1 atom stereocenters. The summed E-state index contributed by atoms with van der Waals surface area (Å²) in [5.41, 5.74) is 3.17. The van der Waals surface area contributed by atoms with Crippen molar-refractivity contribution in [2.75, 3.05) is 17.7 Å². The van der Waals surface area contributed by atoms with E-state index in [4.69, 9.17) is 9.47 Å². The van der Waals surface area contributed by atoms with Crippen molar-refractivity contribution < 1.29 is 29.0 Å². The van der Waals surface area contributed by atoms with Crippen LogP contribution < -0.4 is 10.6 Å². The molecule has 1 amide bonds. The molecule has 0 fully saturated rings. The van der Waals surface area contributed by atoms with Gasteiger partial charge in [-0.2, -0.15) is 0 Å². The zero-order valence-electron chi connectivity index (χ0n) is 16.0. The number of ether oxygens (including phenoxy) is 2. The second kappa shape index (κ2) is 7.78. The van der Waals surface area contributed by atoms with Crippen molar-refractivity contribution in [2.45, 2.75) is 19.1 Å². The van der Waals surface area contributed by atoms with Gasteiger partial charge < -0.3 is 24.9 Å². The highest BCUT2D eigenvalue weighted by atomic mass is 16.5. The van der Waals surface area contributed by atoms with Gasteiger partial charge in [0.2, 0.25) is 0 Å². The second-order valence-corrected chi connectivity index (χ2v) is 6.84. The van der Waals surface area contributed by atoms with Crippen LogP contribution in [-0.4, -0.2) is 41.3 Å². The topological polar surface area (TPSA) is 130 Å². The van der Waals surface area contributed by atoms with E-state index in [1.54, 1.807) is 12.1 Å². The van der Waals surface area contributed by atoms with Gasteiger partial charge in [-0.15, -0.1) is 0 Å².